The summed E-state index contributed by atoms with van der Waals surface area (Å²) in [5.41, 5.74) is 1.93. The molecule has 0 bridgehead atoms. The summed E-state index contributed by atoms with van der Waals surface area (Å²) in [5.74, 6) is 0.785. The van der Waals surface area contributed by atoms with E-state index in [1.165, 1.54) is 11.8 Å². The van der Waals surface area contributed by atoms with Crippen LogP contribution in [0.25, 0.3) is 11.4 Å². The molecule has 3 aromatic rings. The average Bonchev–Trinajstić information content (AvgIpc) is 3.17. The van der Waals surface area contributed by atoms with Crippen LogP contribution in [0, 0.1) is 0 Å². The summed E-state index contributed by atoms with van der Waals surface area (Å²) in [6.45, 7) is 5.35. The predicted molar refractivity (Wildman–Crippen MR) is 105 cm³/mol. The number of thioether (sulfide) groups is 1. The number of nitrogens with one attached hydrogen (secondary N) is 1. The van der Waals surface area contributed by atoms with Crippen LogP contribution < -0.4 is 0 Å². The van der Waals surface area contributed by atoms with Gasteiger partial charge in [0.25, 0.3) is 0 Å². The summed E-state index contributed by atoms with van der Waals surface area (Å²) in [6, 6.07) is 19.6. The second-order valence-electron chi connectivity index (χ2n) is 5.75. The Labute approximate surface area is 157 Å². The van der Waals surface area contributed by atoms with Crippen LogP contribution in [0.15, 0.2) is 65.8 Å². The molecule has 1 aromatic heterocycles. The van der Waals surface area contributed by atoms with Crippen molar-refractivity contribution >= 4 is 17.7 Å². The minimum absolute atomic E-state index is 0.0808. The topological polar surface area (TPSA) is 61.9 Å². The fraction of sp³-hybridized carbons (Fsp3) is 0.250. The minimum Gasteiger partial charge on any atom is -0.342 e. The van der Waals surface area contributed by atoms with E-state index in [1.54, 1.807) is 0 Å². The number of aromatic amines is 1. The van der Waals surface area contributed by atoms with Gasteiger partial charge in [0.2, 0.25) is 11.1 Å². The third-order valence-electron chi connectivity index (χ3n) is 4.14. The Hall–Kier alpha value is -2.60. The van der Waals surface area contributed by atoms with Gasteiger partial charge in [0.05, 0.1) is 0 Å². The standard InChI is InChI=1S/C20H22N4OS/c1-3-24(4-2)19(25)17(15-11-7-5-8-12-15)26-20-21-18(22-23-20)16-13-9-6-10-14-16/h5-14,17H,3-4H2,1-2H3,(H,21,22,23)/t17-/m0/s1. The van der Waals surface area contributed by atoms with Gasteiger partial charge in [-0.2, -0.15) is 0 Å². The lowest BCUT2D eigenvalue weighted by Gasteiger charge is -2.24. The monoisotopic (exact) mass is 366 g/mol. The minimum atomic E-state index is -0.365. The molecule has 2 aromatic carbocycles. The van der Waals surface area contributed by atoms with E-state index in [1.807, 2.05) is 79.4 Å². The largest absolute Gasteiger partial charge is 0.342 e. The molecule has 3 rings (SSSR count). The zero-order chi connectivity index (χ0) is 18.4. The van der Waals surface area contributed by atoms with E-state index >= 15 is 0 Å². The van der Waals surface area contributed by atoms with Gasteiger partial charge in [0.1, 0.15) is 5.25 Å². The first-order chi connectivity index (χ1) is 12.7. The molecule has 0 unspecified atom stereocenters. The molecule has 1 N–H and O–H groups in total. The molecule has 0 fully saturated rings. The summed E-state index contributed by atoms with van der Waals surface area (Å²) in [7, 11) is 0. The van der Waals surface area contributed by atoms with Gasteiger partial charge in [-0.3, -0.25) is 9.89 Å². The Kier molecular flexibility index (Phi) is 6.07. The van der Waals surface area contributed by atoms with Crippen LogP contribution in [0.3, 0.4) is 0 Å². The maximum Gasteiger partial charge on any atom is 0.240 e. The Morgan fingerprint density at radius 1 is 1.04 bits per heavy atom. The van der Waals surface area contributed by atoms with E-state index < -0.39 is 0 Å². The highest BCUT2D eigenvalue weighted by atomic mass is 32.2. The van der Waals surface area contributed by atoms with Crippen molar-refractivity contribution in [2.24, 2.45) is 0 Å². The number of likely N-dealkylation sites (N-methyl/N-ethyl adjacent to an activating group) is 1. The van der Waals surface area contributed by atoms with E-state index in [0.29, 0.717) is 24.1 Å². The second-order valence-corrected chi connectivity index (χ2v) is 6.82. The number of rotatable bonds is 7. The molecule has 0 saturated heterocycles. The number of benzene rings is 2. The van der Waals surface area contributed by atoms with E-state index in [9.17, 15) is 4.79 Å². The van der Waals surface area contributed by atoms with Crippen LogP contribution in [0.5, 0.6) is 0 Å². The number of hydrogen-bond donors (Lipinski definition) is 1. The molecule has 0 radical (unpaired) electrons. The van der Waals surface area contributed by atoms with Gasteiger partial charge in [-0.25, -0.2) is 4.98 Å². The number of carbonyl (C=O) groups excluding carboxylic acids is 1. The highest BCUT2D eigenvalue weighted by Gasteiger charge is 2.27. The van der Waals surface area contributed by atoms with Crippen LogP contribution in [0.2, 0.25) is 0 Å². The van der Waals surface area contributed by atoms with Crippen molar-refractivity contribution in [3.05, 3.63) is 66.2 Å². The smallest absolute Gasteiger partial charge is 0.240 e. The fourth-order valence-electron chi connectivity index (χ4n) is 2.72. The van der Waals surface area contributed by atoms with Crippen molar-refractivity contribution < 1.29 is 4.79 Å². The van der Waals surface area contributed by atoms with E-state index in [0.717, 1.165) is 11.1 Å². The number of H-pyrrole nitrogens is 1. The zero-order valence-electron chi connectivity index (χ0n) is 14.9. The Morgan fingerprint density at radius 3 is 2.27 bits per heavy atom. The molecule has 1 heterocycles. The number of hydrogen-bond acceptors (Lipinski definition) is 4. The molecule has 1 amide bonds. The first kappa shape index (κ1) is 18.2. The highest BCUT2D eigenvalue weighted by Crippen LogP contribution is 2.35. The van der Waals surface area contributed by atoms with Crippen molar-refractivity contribution in [1.82, 2.24) is 20.1 Å². The van der Waals surface area contributed by atoms with Gasteiger partial charge in [-0.05, 0) is 19.4 Å². The molecule has 6 heteroatoms. The fourth-order valence-corrected chi connectivity index (χ4v) is 3.72. The molecular weight excluding hydrogens is 344 g/mol. The quantitative estimate of drug-likeness (QED) is 0.638. The van der Waals surface area contributed by atoms with Gasteiger partial charge >= 0.3 is 0 Å². The molecule has 5 nitrogen and oxygen atoms in total. The van der Waals surface area contributed by atoms with Gasteiger partial charge in [0.15, 0.2) is 5.82 Å². The van der Waals surface area contributed by atoms with Crippen molar-refractivity contribution in [1.29, 1.82) is 0 Å². The van der Waals surface area contributed by atoms with Crippen LogP contribution in [0.4, 0.5) is 0 Å². The Balaban J connectivity index is 1.87. The number of carbonyl (C=O) groups is 1. The van der Waals surface area contributed by atoms with E-state index in [-0.39, 0.29) is 11.2 Å². The van der Waals surface area contributed by atoms with Crippen LogP contribution >= 0.6 is 11.8 Å². The highest BCUT2D eigenvalue weighted by molar-refractivity contribution is 8.00. The van der Waals surface area contributed by atoms with Gasteiger partial charge in [-0.1, -0.05) is 72.4 Å². The second kappa shape index (κ2) is 8.67. The van der Waals surface area contributed by atoms with Crippen molar-refractivity contribution in [3.8, 4) is 11.4 Å². The third kappa shape index (κ3) is 4.14. The predicted octanol–water partition coefficient (Wildman–Crippen LogP) is 4.17. The van der Waals surface area contributed by atoms with Crippen LogP contribution in [-0.4, -0.2) is 39.1 Å². The first-order valence-electron chi connectivity index (χ1n) is 8.71. The average molecular weight is 366 g/mol. The maximum atomic E-state index is 13.0. The zero-order valence-corrected chi connectivity index (χ0v) is 15.7. The molecule has 0 saturated carbocycles. The molecule has 0 spiro atoms. The van der Waals surface area contributed by atoms with Crippen molar-refractivity contribution in [2.75, 3.05) is 13.1 Å². The summed E-state index contributed by atoms with van der Waals surface area (Å²) < 4.78 is 0. The normalized spacial score (nSPS) is 11.9. The van der Waals surface area contributed by atoms with Gasteiger partial charge < -0.3 is 4.90 Å². The molecule has 1 atom stereocenters. The number of aromatic nitrogens is 3. The molecular formula is C20H22N4OS. The van der Waals surface area contributed by atoms with Crippen LogP contribution in [-0.2, 0) is 4.79 Å². The first-order valence-corrected chi connectivity index (χ1v) is 9.59. The third-order valence-corrected chi connectivity index (χ3v) is 5.24. The Morgan fingerprint density at radius 2 is 1.65 bits per heavy atom. The maximum absolute atomic E-state index is 13.0. The van der Waals surface area contributed by atoms with E-state index in [4.69, 9.17) is 0 Å². The Bertz CT molecular complexity index is 831. The number of nitrogens with zero attached hydrogens (tertiary/aromatic N) is 3. The van der Waals surface area contributed by atoms with Gasteiger partial charge in [-0.15, -0.1) is 5.10 Å². The summed E-state index contributed by atoms with van der Waals surface area (Å²) in [4.78, 5) is 19.4. The molecule has 26 heavy (non-hydrogen) atoms. The van der Waals surface area contributed by atoms with E-state index in [2.05, 4.69) is 15.2 Å². The molecule has 0 aliphatic rings. The molecule has 0 aliphatic heterocycles. The summed E-state index contributed by atoms with van der Waals surface area (Å²) in [6.07, 6.45) is 0. The summed E-state index contributed by atoms with van der Waals surface area (Å²) in [5, 5.41) is 7.48. The lowest BCUT2D eigenvalue weighted by atomic mass is 10.1. The SMILES string of the molecule is CCN(CC)C(=O)[C@@H](Sc1n[nH]c(-c2ccccc2)n1)c1ccccc1. The van der Waals surface area contributed by atoms with Crippen LogP contribution in [0.1, 0.15) is 24.7 Å². The van der Waals surface area contributed by atoms with Crippen molar-refractivity contribution in [3.63, 3.8) is 0 Å². The van der Waals surface area contributed by atoms with Gasteiger partial charge in [0, 0.05) is 18.7 Å². The molecule has 134 valence electrons. The molecule has 0 aliphatic carbocycles. The number of amides is 1. The summed E-state index contributed by atoms with van der Waals surface area (Å²) >= 11 is 1.38. The van der Waals surface area contributed by atoms with Crippen molar-refractivity contribution in [2.45, 2.75) is 24.3 Å². The lowest BCUT2D eigenvalue weighted by Crippen LogP contribution is -2.33. The lowest BCUT2D eigenvalue weighted by molar-refractivity contribution is -0.130.